The zero-order valence-electron chi connectivity index (χ0n) is 14.9. The van der Waals surface area contributed by atoms with Crippen LogP contribution in [0.1, 0.15) is 12.8 Å². The molecule has 1 fully saturated rings. The predicted octanol–water partition coefficient (Wildman–Crippen LogP) is 3.50. The van der Waals surface area contributed by atoms with E-state index in [1.54, 1.807) is 55.6 Å². The third-order valence-corrected chi connectivity index (χ3v) is 6.97. The lowest BCUT2D eigenvalue weighted by molar-refractivity contribution is -0.120. The SMILES string of the molecule is COc1ccc(NC(=O)C2CCCN(S(=O)(=O)c3ccc(Br)cc3)C2)cc1. The molecule has 3 rings (SSSR count). The highest BCUT2D eigenvalue weighted by atomic mass is 79.9. The number of anilines is 1. The van der Waals surface area contributed by atoms with E-state index in [9.17, 15) is 13.2 Å². The summed E-state index contributed by atoms with van der Waals surface area (Å²) < 4.78 is 33.0. The maximum absolute atomic E-state index is 12.9. The number of carbonyl (C=O) groups is 1. The van der Waals surface area contributed by atoms with Gasteiger partial charge in [-0.3, -0.25) is 4.79 Å². The Hall–Kier alpha value is -1.90. The topological polar surface area (TPSA) is 75.7 Å². The van der Waals surface area contributed by atoms with Gasteiger partial charge in [-0.25, -0.2) is 8.42 Å². The molecule has 1 aliphatic heterocycles. The number of hydrogen-bond donors (Lipinski definition) is 1. The van der Waals surface area contributed by atoms with E-state index >= 15 is 0 Å². The van der Waals surface area contributed by atoms with Crippen LogP contribution in [0.3, 0.4) is 0 Å². The normalized spacial score (nSPS) is 18.1. The van der Waals surface area contributed by atoms with Crippen molar-refractivity contribution in [2.45, 2.75) is 17.7 Å². The number of ether oxygens (including phenoxy) is 1. The molecule has 1 atom stereocenters. The number of piperidine rings is 1. The second-order valence-electron chi connectivity index (χ2n) is 6.37. The van der Waals surface area contributed by atoms with Gasteiger partial charge < -0.3 is 10.1 Å². The smallest absolute Gasteiger partial charge is 0.243 e. The molecule has 27 heavy (non-hydrogen) atoms. The molecule has 0 spiro atoms. The Bertz CT molecular complexity index is 898. The number of benzene rings is 2. The number of sulfonamides is 1. The van der Waals surface area contributed by atoms with E-state index < -0.39 is 10.0 Å². The van der Waals surface area contributed by atoms with E-state index in [2.05, 4.69) is 21.2 Å². The van der Waals surface area contributed by atoms with Crippen molar-refractivity contribution >= 4 is 37.5 Å². The number of carbonyl (C=O) groups excluding carboxylic acids is 1. The summed E-state index contributed by atoms with van der Waals surface area (Å²) in [6, 6.07) is 13.6. The van der Waals surface area contributed by atoms with E-state index in [0.717, 1.165) is 4.47 Å². The van der Waals surface area contributed by atoms with Gasteiger partial charge in [-0.1, -0.05) is 15.9 Å². The van der Waals surface area contributed by atoms with Crippen molar-refractivity contribution in [2.75, 3.05) is 25.5 Å². The fourth-order valence-corrected chi connectivity index (χ4v) is 4.84. The van der Waals surface area contributed by atoms with Crippen LogP contribution in [0.5, 0.6) is 5.75 Å². The third-order valence-electron chi connectivity index (χ3n) is 4.56. The van der Waals surface area contributed by atoms with Gasteiger partial charge in [-0.15, -0.1) is 0 Å². The highest BCUT2D eigenvalue weighted by Crippen LogP contribution is 2.26. The predicted molar refractivity (Wildman–Crippen MR) is 107 cm³/mol. The van der Waals surface area contributed by atoms with Crippen molar-refractivity contribution < 1.29 is 17.9 Å². The van der Waals surface area contributed by atoms with Gasteiger partial charge in [0.25, 0.3) is 0 Å². The minimum Gasteiger partial charge on any atom is -0.497 e. The largest absolute Gasteiger partial charge is 0.497 e. The zero-order chi connectivity index (χ0) is 19.4. The second kappa shape index (κ2) is 8.41. The number of rotatable bonds is 5. The Labute approximate surface area is 167 Å². The summed E-state index contributed by atoms with van der Waals surface area (Å²) in [5, 5.41) is 2.86. The average Bonchev–Trinajstić information content (AvgIpc) is 2.69. The van der Waals surface area contributed by atoms with Crippen LogP contribution in [0, 0.1) is 5.92 Å². The van der Waals surface area contributed by atoms with Crippen molar-refractivity contribution in [3.63, 3.8) is 0 Å². The van der Waals surface area contributed by atoms with E-state index in [-0.39, 0.29) is 23.3 Å². The molecule has 1 unspecified atom stereocenters. The standard InChI is InChI=1S/C19H21BrN2O4S/c1-26-17-8-6-16(7-9-17)21-19(23)14-3-2-12-22(13-14)27(24,25)18-10-4-15(20)5-11-18/h4-11,14H,2-3,12-13H2,1H3,(H,21,23). The van der Waals surface area contributed by atoms with Gasteiger partial charge in [0.1, 0.15) is 5.75 Å². The van der Waals surface area contributed by atoms with Gasteiger partial charge in [0.05, 0.1) is 17.9 Å². The monoisotopic (exact) mass is 452 g/mol. The molecule has 1 N–H and O–H groups in total. The Morgan fingerprint density at radius 2 is 1.81 bits per heavy atom. The van der Waals surface area contributed by atoms with E-state index in [1.165, 1.54) is 4.31 Å². The molecule has 1 amide bonds. The van der Waals surface area contributed by atoms with Crippen LogP contribution in [-0.4, -0.2) is 38.8 Å². The van der Waals surface area contributed by atoms with E-state index in [0.29, 0.717) is 30.8 Å². The molecule has 0 bridgehead atoms. The molecule has 2 aromatic rings. The molecule has 0 aromatic heterocycles. The molecule has 0 saturated carbocycles. The fraction of sp³-hybridized carbons (Fsp3) is 0.316. The summed E-state index contributed by atoms with van der Waals surface area (Å²) in [6.45, 7) is 0.602. The van der Waals surface area contributed by atoms with Crippen LogP contribution in [-0.2, 0) is 14.8 Å². The quantitative estimate of drug-likeness (QED) is 0.752. The van der Waals surface area contributed by atoms with Crippen LogP contribution in [0.2, 0.25) is 0 Å². The van der Waals surface area contributed by atoms with Crippen molar-refractivity contribution in [3.8, 4) is 5.75 Å². The lowest BCUT2D eigenvalue weighted by Crippen LogP contribution is -2.43. The number of nitrogens with zero attached hydrogens (tertiary/aromatic N) is 1. The molecule has 144 valence electrons. The van der Waals surface area contributed by atoms with Gasteiger partial charge in [0.2, 0.25) is 15.9 Å². The minimum absolute atomic E-state index is 0.170. The van der Waals surface area contributed by atoms with Crippen molar-refractivity contribution in [2.24, 2.45) is 5.92 Å². The Kier molecular flexibility index (Phi) is 6.18. The van der Waals surface area contributed by atoms with Crippen molar-refractivity contribution in [1.82, 2.24) is 4.31 Å². The maximum atomic E-state index is 12.9. The Morgan fingerprint density at radius 1 is 1.15 bits per heavy atom. The summed E-state index contributed by atoms with van der Waals surface area (Å²) in [7, 11) is -2.03. The first kappa shape index (κ1) is 19.9. The summed E-state index contributed by atoms with van der Waals surface area (Å²) in [5.41, 5.74) is 0.661. The van der Waals surface area contributed by atoms with E-state index in [4.69, 9.17) is 4.74 Å². The van der Waals surface area contributed by atoms with E-state index in [1.807, 2.05) is 0 Å². The number of halogens is 1. The van der Waals surface area contributed by atoms with Crippen molar-refractivity contribution in [1.29, 1.82) is 0 Å². The summed E-state index contributed by atoms with van der Waals surface area (Å²) in [4.78, 5) is 12.8. The molecule has 0 radical (unpaired) electrons. The van der Waals surface area contributed by atoms with Crippen LogP contribution in [0.15, 0.2) is 57.9 Å². The van der Waals surface area contributed by atoms with Gasteiger partial charge in [0.15, 0.2) is 0 Å². The molecule has 8 heteroatoms. The Morgan fingerprint density at radius 3 is 2.44 bits per heavy atom. The number of methoxy groups -OCH3 is 1. The highest BCUT2D eigenvalue weighted by Gasteiger charge is 2.33. The zero-order valence-corrected chi connectivity index (χ0v) is 17.3. The molecular formula is C19H21BrN2O4S. The molecular weight excluding hydrogens is 432 g/mol. The molecule has 0 aliphatic carbocycles. The van der Waals surface area contributed by atoms with Gasteiger partial charge >= 0.3 is 0 Å². The first-order valence-corrected chi connectivity index (χ1v) is 10.8. The van der Waals surface area contributed by atoms with Crippen LogP contribution in [0.25, 0.3) is 0 Å². The number of nitrogens with one attached hydrogen (secondary N) is 1. The summed E-state index contributed by atoms with van der Waals surface area (Å²) in [5.74, 6) is 0.152. The number of hydrogen-bond acceptors (Lipinski definition) is 4. The number of amides is 1. The molecule has 1 saturated heterocycles. The van der Waals surface area contributed by atoms with Gasteiger partial charge in [-0.2, -0.15) is 4.31 Å². The first-order valence-electron chi connectivity index (χ1n) is 8.61. The minimum atomic E-state index is -3.61. The lowest BCUT2D eigenvalue weighted by atomic mass is 9.99. The second-order valence-corrected chi connectivity index (χ2v) is 9.23. The Balaban J connectivity index is 1.69. The van der Waals surface area contributed by atoms with Crippen LogP contribution >= 0.6 is 15.9 Å². The molecule has 2 aromatic carbocycles. The third kappa shape index (κ3) is 4.69. The lowest BCUT2D eigenvalue weighted by Gasteiger charge is -2.31. The van der Waals surface area contributed by atoms with Gasteiger partial charge in [0, 0.05) is 23.2 Å². The summed E-state index contributed by atoms with van der Waals surface area (Å²) >= 11 is 3.31. The highest BCUT2D eigenvalue weighted by molar-refractivity contribution is 9.10. The summed E-state index contributed by atoms with van der Waals surface area (Å²) in [6.07, 6.45) is 1.31. The van der Waals surface area contributed by atoms with Crippen LogP contribution in [0.4, 0.5) is 5.69 Å². The first-order chi connectivity index (χ1) is 12.9. The molecule has 1 aliphatic rings. The maximum Gasteiger partial charge on any atom is 0.243 e. The van der Waals surface area contributed by atoms with Gasteiger partial charge in [-0.05, 0) is 61.4 Å². The van der Waals surface area contributed by atoms with Crippen molar-refractivity contribution in [3.05, 3.63) is 53.0 Å². The molecule has 1 heterocycles. The fourth-order valence-electron chi connectivity index (χ4n) is 3.05. The average molecular weight is 453 g/mol. The molecule has 6 nitrogen and oxygen atoms in total. The van der Waals surface area contributed by atoms with Crippen LogP contribution < -0.4 is 10.1 Å².